The van der Waals surface area contributed by atoms with Gasteiger partial charge in [-0.1, -0.05) is 31.9 Å². The molecular formula is C20H22F2O2S. The van der Waals surface area contributed by atoms with E-state index < -0.39 is 21.5 Å². The van der Waals surface area contributed by atoms with Crippen LogP contribution in [0.2, 0.25) is 0 Å². The van der Waals surface area contributed by atoms with Crippen molar-refractivity contribution in [2.45, 2.75) is 37.5 Å². The minimum atomic E-state index is -3.35. The van der Waals surface area contributed by atoms with Crippen LogP contribution < -0.4 is 0 Å². The van der Waals surface area contributed by atoms with Crippen LogP contribution in [0.5, 0.6) is 0 Å². The molecule has 0 amide bonds. The molecule has 3 rings (SSSR count). The van der Waals surface area contributed by atoms with Gasteiger partial charge in [-0.05, 0) is 54.5 Å². The molecule has 2 nitrogen and oxygen atoms in total. The minimum absolute atomic E-state index is 0.171. The lowest BCUT2D eigenvalue weighted by atomic mass is 9.84. The van der Waals surface area contributed by atoms with Gasteiger partial charge in [-0.25, -0.2) is 17.2 Å². The molecule has 2 aromatic carbocycles. The van der Waals surface area contributed by atoms with Gasteiger partial charge < -0.3 is 0 Å². The fourth-order valence-corrected chi connectivity index (χ4v) is 5.16. The molecule has 1 saturated carbocycles. The molecule has 0 N–H and O–H groups in total. The molecule has 134 valence electrons. The molecule has 0 bridgehead atoms. The first-order valence-electron chi connectivity index (χ1n) is 8.63. The molecule has 0 saturated heterocycles. The molecule has 0 aromatic heterocycles. The summed E-state index contributed by atoms with van der Waals surface area (Å²) in [6, 6.07) is 9.55. The number of rotatable bonds is 4. The lowest BCUT2D eigenvalue weighted by Crippen LogP contribution is -2.21. The van der Waals surface area contributed by atoms with Crippen molar-refractivity contribution in [2.75, 3.05) is 5.75 Å². The van der Waals surface area contributed by atoms with E-state index in [2.05, 4.69) is 6.92 Å². The number of hydrogen-bond acceptors (Lipinski definition) is 2. The molecule has 0 atom stereocenters. The summed E-state index contributed by atoms with van der Waals surface area (Å²) in [5.74, 6) is -0.224. The van der Waals surface area contributed by atoms with E-state index in [4.69, 9.17) is 0 Å². The summed E-state index contributed by atoms with van der Waals surface area (Å²) in [7, 11) is -3.35. The maximum absolute atomic E-state index is 13.9. The maximum Gasteiger partial charge on any atom is 0.178 e. The molecule has 0 radical (unpaired) electrons. The molecular weight excluding hydrogens is 342 g/mol. The van der Waals surface area contributed by atoms with Gasteiger partial charge in [0, 0.05) is 11.6 Å². The molecule has 1 aliphatic carbocycles. The summed E-state index contributed by atoms with van der Waals surface area (Å²) in [6.07, 6.45) is 4.09. The van der Waals surface area contributed by atoms with Crippen molar-refractivity contribution >= 4 is 9.84 Å². The Bertz CT molecular complexity index is 836. The van der Waals surface area contributed by atoms with Crippen LogP contribution in [-0.4, -0.2) is 14.2 Å². The Balaban J connectivity index is 1.77. The van der Waals surface area contributed by atoms with E-state index in [-0.39, 0.29) is 22.1 Å². The number of benzene rings is 2. The van der Waals surface area contributed by atoms with Gasteiger partial charge in [0.25, 0.3) is 0 Å². The minimum Gasteiger partial charge on any atom is -0.224 e. The highest BCUT2D eigenvalue weighted by Gasteiger charge is 2.25. The third-order valence-electron chi connectivity index (χ3n) is 5.05. The van der Waals surface area contributed by atoms with E-state index >= 15 is 0 Å². The van der Waals surface area contributed by atoms with E-state index in [1.165, 1.54) is 24.3 Å². The molecule has 0 heterocycles. The second-order valence-electron chi connectivity index (χ2n) is 7.06. The van der Waals surface area contributed by atoms with Gasteiger partial charge in [-0.3, -0.25) is 0 Å². The molecule has 0 spiro atoms. The van der Waals surface area contributed by atoms with Gasteiger partial charge in [0.2, 0.25) is 0 Å². The maximum atomic E-state index is 13.9. The SMILES string of the molecule is CC1CCC(CS(=O)(=O)c2ccc(-c3ccc(F)cc3F)cc2)CC1. The van der Waals surface area contributed by atoms with Gasteiger partial charge in [0.05, 0.1) is 10.6 Å². The predicted octanol–water partition coefficient (Wildman–Crippen LogP) is 5.23. The van der Waals surface area contributed by atoms with Crippen LogP contribution in [0.3, 0.4) is 0 Å². The van der Waals surface area contributed by atoms with Crippen molar-refractivity contribution in [1.29, 1.82) is 0 Å². The summed E-state index contributed by atoms with van der Waals surface area (Å²) in [5, 5.41) is 0. The second-order valence-corrected chi connectivity index (χ2v) is 9.09. The second kappa shape index (κ2) is 7.24. The lowest BCUT2D eigenvalue weighted by molar-refractivity contribution is 0.308. The van der Waals surface area contributed by atoms with Crippen molar-refractivity contribution in [1.82, 2.24) is 0 Å². The first-order chi connectivity index (χ1) is 11.8. The zero-order chi connectivity index (χ0) is 18.0. The smallest absolute Gasteiger partial charge is 0.178 e. The van der Waals surface area contributed by atoms with Crippen LogP contribution in [-0.2, 0) is 9.84 Å². The zero-order valence-electron chi connectivity index (χ0n) is 14.2. The Hall–Kier alpha value is -1.75. The Labute approximate surface area is 147 Å². The molecule has 1 fully saturated rings. The number of sulfone groups is 1. The summed E-state index contributed by atoms with van der Waals surface area (Å²) in [5.41, 5.74) is 0.787. The summed E-state index contributed by atoms with van der Waals surface area (Å²) in [4.78, 5) is 0.261. The largest absolute Gasteiger partial charge is 0.224 e. The Morgan fingerprint density at radius 1 is 0.960 bits per heavy atom. The van der Waals surface area contributed by atoms with Crippen molar-refractivity contribution in [3.63, 3.8) is 0 Å². The Morgan fingerprint density at radius 3 is 2.20 bits per heavy atom. The van der Waals surface area contributed by atoms with Crippen molar-refractivity contribution in [3.8, 4) is 11.1 Å². The molecule has 0 unspecified atom stereocenters. The summed E-state index contributed by atoms with van der Waals surface area (Å²) < 4.78 is 52.1. The first kappa shape index (κ1) is 18.1. The Morgan fingerprint density at radius 2 is 1.60 bits per heavy atom. The molecule has 5 heteroatoms. The first-order valence-corrected chi connectivity index (χ1v) is 10.3. The molecule has 1 aliphatic rings. The normalized spacial score (nSPS) is 21.2. The Kier molecular flexibility index (Phi) is 5.23. The summed E-state index contributed by atoms with van der Waals surface area (Å²) in [6.45, 7) is 2.21. The monoisotopic (exact) mass is 364 g/mol. The predicted molar refractivity (Wildman–Crippen MR) is 95.0 cm³/mol. The van der Waals surface area contributed by atoms with Gasteiger partial charge in [-0.2, -0.15) is 0 Å². The standard InChI is InChI=1S/C20H22F2O2S/c1-14-2-4-15(5-3-14)13-25(23,24)18-9-6-16(7-10-18)19-11-8-17(21)12-20(19)22/h6-12,14-15H,2-5,13H2,1H3. The molecule has 0 aliphatic heterocycles. The van der Waals surface area contributed by atoms with Crippen LogP contribution in [0.4, 0.5) is 8.78 Å². The van der Waals surface area contributed by atoms with Crippen LogP contribution in [0.15, 0.2) is 47.4 Å². The summed E-state index contributed by atoms with van der Waals surface area (Å²) >= 11 is 0. The van der Waals surface area contributed by atoms with E-state index in [9.17, 15) is 17.2 Å². The highest BCUT2D eigenvalue weighted by molar-refractivity contribution is 7.91. The van der Waals surface area contributed by atoms with E-state index in [1.807, 2.05) is 0 Å². The molecule has 2 aromatic rings. The van der Waals surface area contributed by atoms with Crippen molar-refractivity contribution < 1.29 is 17.2 Å². The number of halogens is 2. The average molecular weight is 364 g/mol. The van der Waals surface area contributed by atoms with Gasteiger partial charge in [0.15, 0.2) is 9.84 Å². The van der Waals surface area contributed by atoms with Crippen molar-refractivity contribution in [2.24, 2.45) is 11.8 Å². The molecule has 25 heavy (non-hydrogen) atoms. The zero-order valence-corrected chi connectivity index (χ0v) is 15.0. The van der Waals surface area contributed by atoms with E-state index in [1.54, 1.807) is 12.1 Å². The van der Waals surface area contributed by atoms with Gasteiger partial charge in [-0.15, -0.1) is 0 Å². The highest BCUT2D eigenvalue weighted by atomic mass is 32.2. The fraction of sp³-hybridized carbons (Fsp3) is 0.400. The van der Waals surface area contributed by atoms with Crippen LogP contribution in [0.1, 0.15) is 32.6 Å². The average Bonchev–Trinajstić information content (AvgIpc) is 2.57. The number of hydrogen-bond donors (Lipinski definition) is 0. The topological polar surface area (TPSA) is 34.1 Å². The van der Waals surface area contributed by atoms with Gasteiger partial charge >= 0.3 is 0 Å². The third-order valence-corrected chi connectivity index (χ3v) is 6.95. The van der Waals surface area contributed by atoms with Crippen LogP contribution in [0.25, 0.3) is 11.1 Å². The van der Waals surface area contributed by atoms with Crippen LogP contribution >= 0.6 is 0 Å². The lowest BCUT2D eigenvalue weighted by Gasteiger charge is -2.25. The van der Waals surface area contributed by atoms with E-state index in [0.717, 1.165) is 31.7 Å². The van der Waals surface area contributed by atoms with Gasteiger partial charge in [0.1, 0.15) is 11.6 Å². The third kappa shape index (κ3) is 4.27. The highest BCUT2D eigenvalue weighted by Crippen LogP contribution is 2.31. The fourth-order valence-electron chi connectivity index (χ4n) is 3.47. The van der Waals surface area contributed by atoms with Crippen molar-refractivity contribution in [3.05, 3.63) is 54.1 Å². The van der Waals surface area contributed by atoms with Crippen LogP contribution in [0, 0.1) is 23.5 Å². The van der Waals surface area contributed by atoms with E-state index in [0.29, 0.717) is 11.5 Å². The quantitative estimate of drug-likeness (QED) is 0.744.